The number of imide groups is 1. The maximum atomic E-state index is 14.3. The summed E-state index contributed by atoms with van der Waals surface area (Å²) in [6.07, 6.45) is 9.61. The van der Waals surface area contributed by atoms with E-state index in [1.165, 1.54) is 15.3 Å². The summed E-state index contributed by atoms with van der Waals surface area (Å²) in [5.41, 5.74) is 1.92. The first-order valence-electron chi connectivity index (χ1n) is 23.4. The van der Waals surface area contributed by atoms with Gasteiger partial charge in [-0.3, -0.25) is 33.5 Å². The van der Waals surface area contributed by atoms with E-state index in [2.05, 4.69) is 49.4 Å². The smallest absolute Gasteiger partial charge is 0.330 e. The zero-order chi connectivity index (χ0) is 45.2. The second kappa shape index (κ2) is 17.4. The van der Waals surface area contributed by atoms with Crippen LogP contribution in [0.1, 0.15) is 117 Å². The third-order valence-corrected chi connectivity index (χ3v) is 14.6. The molecule has 19 heteroatoms. The number of halogens is 2. The normalized spacial score (nSPS) is 26.9. The Hall–Kier alpha value is -5.97. The van der Waals surface area contributed by atoms with E-state index >= 15 is 0 Å². The van der Waals surface area contributed by atoms with Gasteiger partial charge < -0.3 is 24.6 Å². The number of amides is 3. The molecule has 6 aliphatic rings. The quantitative estimate of drug-likeness (QED) is 0.134. The lowest BCUT2D eigenvalue weighted by Crippen LogP contribution is -2.45. The van der Waals surface area contributed by atoms with Crippen LogP contribution in [0.25, 0.3) is 16.7 Å². The Morgan fingerprint density at radius 3 is 2.59 bits per heavy atom. The van der Waals surface area contributed by atoms with Gasteiger partial charge in [0.15, 0.2) is 11.3 Å². The highest BCUT2D eigenvalue weighted by Gasteiger charge is 2.40. The van der Waals surface area contributed by atoms with Crippen LogP contribution in [0.4, 0.5) is 20.3 Å². The van der Waals surface area contributed by atoms with Crippen LogP contribution in [-0.4, -0.2) is 114 Å². The van der Waals surface area contributed by atoms with E-state index in [4.69, 9.17) is 14.5 Å². The van der Waals surface area contributed by atoms with Gasteiger partial charge in [-0.2, -0.15) is 10.2 Å². The van der Waals surface area contributed by atoms with E-state index in [-0.39, 0.29) is 72.6 Å². The number of carbonyl (C=O) groups is 3. The predicted octanol–water partition coefficient (Wildman–Crippen LogP) is 5.03. The summed E-state index contributed by atoms with van der Waals surface area (Å²) < 4.78 is 47.2. The van der Waals surface area contributed by atoms with Crippen LogP contribution in [0.2, 0.25) is 0 Å². The van der Waals surface area contributed by atoms with Gasteiger partial charge in [-0.1, -0.05) is 24.8 Å². The molecule has 0 radical (unpaired) electrons. The summed E-state index contributed by atoms with van der Waals surface area (Å²) in [7, 11) is 0. The van der Waals surface area contributed by atoms with Crippen molar-refractivity contribution in [1.29, 1.82) is 0 Å². The van der Waals surface area contributed by atoms with Crippen molar-refractivity contribution < 1.29 is 32.6 Å². The molecule has 0 spiro atoms. The number of para-hydroxylation sites is 1. The van der Waals surface area contributed by atoms with Gasteiger partial charge in [0.1, 0.15) is 24.0 Å². The molecule has 346 valence electrons. The summed E-state index contributed by atoms with van der Waals surface area (Å²) in [5, 5.41) is 13.7. The van der Waals surface area contributed by atoms with Gasteiger partial charge in [-0.15, -0.1) is 0 Å². The highest BCUT2D eigenvalue weighted by molar-refractivity contribution is 6.08. The minimum absolute atomic E-state index is 0.00894. The van der Waals surface area contributed by atoms with Gasteiger partial charge in [-0.25, -0.2) is 23.1 Å². The molecular weight excluding hydrogens is 853 g/mol. The number of nitrogens with zero attached hydrogens (tertiary/aromatic N) is 9. The molecule has 8 heterocycles. The molecule has 2 aliphatic carbocycles. The van der Waals surface area contributed by atoms with Gasteiger partial charge in [0.25, 0.3) is 12.3 Å². The number of aromatic nitrogens is 7. The molecule has 6 fully saturated rings. The second-order valence-electron chi connectivity index (χ2n) is 19.0. The van der Waals surface area contributed by atoms with Crippen molar-refractivity contribution in [3.63, 3.8) is 0 Å². The first-order chi connectivity index (χ1) is 32.1. The summed E-state index contributed by atoms with van der Waals surface area (Å²) in [5.74, 6) is 6.61. The van der Waals surface area contributed by atoms with Crippen molar-refractivity contribution in [1.82, 2.24) is 43.7 Å². The van der Waals surface area contributed by atoms with Crippen LogP contribution in [0.15, 0.2) is 47.7 Å². The number of hydrogen-bond acceptors (Lipinski definition) is 11. The lowest BCUT2D eigenvalue weighted by Gasteiger charge is -2.39. The molecule has 17 nitrogen and oxygen atoms in total. The number of carbonyl (C=O) groups excluding carboxylic acids is 3. The number of anilines is 2. The fourth-order valence-corrected chi connectivity index (χ4v) is 11.1. The summed E-state index contributed by atoms with van der Waals surface area (Å²) in [6.45, 7) is 6.59. The Morgan fingerprint density at radius 2 is 1.85 bits per heavy atom. The van der Waals surface area contributed by atoms with E-state index in [0.717, 1.165) is 88.9 Å². The average molecular weight is 906 g/mol. The summed E-state index contributed by atoms with van der Waals surface area (Å²) >= 11 is 0. The molecule has 4 saturated heterocycles. The van der Waals surface area contributed by atoms with Gasteiger partial charge in [0.05, 0.1) is 59.4 Å². The standard InChI is InChI=1S/C47H53F2N11O6/c1-27-22-55(17-15-38(27)65-19-3-5-29-4-2-6-36-42(29)59(31-11-12-31)47(64)60(36)37-13-14-40(61)53-46(37)63)23-28-7-9-30(10-8-28)58-25-35(41(54-58)43(48)49)51-45(62)34-21-50-57-18-16-39(52-44(34)57)56-24-33-20-32(56)26-66-33/h2,4,6,16,18,21,25,27-28,30-33,37-38,43H,7-15,17,19-20,22-24,26H2,1H3,(H,51,62)(H,53,61,63)/t27-,28-,30-,32+,33+,37?,38-/m0/s1. The van der Waals surface area contributed by atoms with Gasteiger partial charge in [0.2, 0.25) is 11.8 Å². The number of imidazole rings is 1. The molecule has 2 bridgehead atoms. The number of piperidine rings is 2. The number of rotatable bonds is 11. The Morgan fingerprint density at radius 1 is 1.02 bits per heavy atom. The van der Waals surface area contributed by atoms with E-state index in [0.29, 0.717) is 35.2 Å². The number of alkyl halides is 2. The van der Waals surface area contributed by atoms with Crippen molar-refractivity contribution in [2.24, 2.45) is 11.8 Å². The summed E-state index contributed by atoms with van der Waals surface area (Å²) in [4.78, 5) is 61.4. The zero-order valence-electron chi connectivity index (χ0n) is 36.8. The molecule has 5 aromatic rings. The molecule has 11 rings (SSSR count). The van der Waals surface area contributed by atoms with Crippen LogP contribution >= 0.6 is 0 Å². The Kier molecular flexibility index (Phi) is 11.2. The van der Waals surface area contributed by atoms with Crippen molar-refractivity contribution >= 4 is 45.9 Å². The maximum Gasteiger partial charge on any atom is 0.330 e. The highest BCUT2D eigenvalue weighted by Crippen LogP contribution is 2.39. The van der Waals surface area contributed by atoms with Crippen molar-refractivity contribution in [2.45, 2.75) is 114 Å². The van der Waals surface area contributed by atoms with Crippen LogP contribution < -0.4 is 21.2 Å². The van der Waals surface area contributed by atoms with E-state index in [1.807, 2.05) is 24.3 Å². The van der Waals surface area contributed by atoms with Gasteiger partial charge in [0, 0.05) is 51.0 Å². The molecule has 4 aromatic heterocycles. The summed E-state index contributed by atoms with van der Waals surface area (Å²) in [6, 6.07) is 6.96. The second-order valence-corrected chi connectivity index (χ2v) is 19.0. The highest BCUT2D eigenvalue weighted by atomic mass is 19.3. The van der Waals surface area contributed by atoms with Crippen molar-refractivity contribution in [3.8, 4) is 11.8 Å². The average Bonchev–Trinajstić information content (AvgIpc) is 3.70. The number of benzene rings is 1. The zero-order valence-corrected chi connectivity index (χ0v) is 36.8. The Bertz CT molecular complexity index is 2830. The molecule has 1 aromatic carbocycles. The van der Waals surface area contributed by atoms with Crippen LogP contribution in [0.5, 0.6) is 0 Å². The fourth-order valence-electron chi connectivity index (χ4n) is 11.1. The third-order valence-electron chi connectivity index (χ3n) is 14.6. The molecule has 1 unspecified atom stereocenters. The van der Waals surface area contributed by atoms with Crippen LogP contribution in [0.3, 0.4) is 0 Å². The third kappa shape index (κ3) is 8.06. The SMILES string of the molecule is C[C@H]1CN(C[C@H]2CC[C@H](n3cc(NC(=O)c4cnn5ccc(N6C[C@H]7C[C@@H]6CO7)nc45)c(C(F)F)n3)CC2)CC[C@@H]1OCC#Cc1cccc2c1n(C1CC1)c(=O)n2C1CCC(=O)NC1=O. The minimum atomic E-state index is -2.87. The monoisotopic (exact) mass is 905 g/mol. The number of morpholine rings is 1. The largest absolute Gasteiger partial charge is 0.374 e. The van der Waals surface area contributed by atoms with E-state index in [1.54, 1.807) is 21.6 Å². The lowest BCUT2D eigenvalue weighted by molar-refractivity contribution is -0.135. The van der Waals surface area contributed by atoms with E-state index in [9.17, 15) is 28.0 Å². The van der Waals surface area contributed by atoms with Crippen molar-refractivity contribution in [2.75, 3.05) is 49.6 Å². The Labute approximate surface area is 378 Å². The van der Waals surface area contributed by atoms with Gasteiger partial charge >= 0.3 is 5.69 Å². The molecule has 2 saturated carbocycles. The lowest BCUT2D eigenvalue weighted by atomic mass is 9.85. The first kappa shape index (κ1) is 42.7. The number of fused-ring (bicyclic) bond motifs is 4. The maximum absolute atomic E-state index is 14.3. The molecule has 3 amide bonds. The first-order valence-corrected chi connectivity index (χ1v) is 23.4. The number of ether oxygens (including phenoxy) is 2. The fraction of sp³-hybridized carbons (Fsp3) is 0.553. The topological polar surface area (TPSA) is 175 Å². The number of nitrogens with one attached hydrogen (secondary N) is 2. The molecule has 2 N–H and O–H groups in total. The predicted molar refractivity (Wildman–Crippen MR) is 237 cm³/mol. The van der Waals surface area contributed by atoms with Crippen LogP contribution in [0, 0.1) is 23.7 Å². The number of hydrogen-bond donors (Lipinski definition) is 2. The molecular formula is C47H53F2N11O6. The minimum Gasteiger partial charge on any atom is -0.374 e. The van der Waals surface area contributed by atoms with E-state index < -0.39 is 30.0 Å². The molecule has 4 aliphatic heterocycles. The van der Waals surface area contributed by atoms with Crippen LogP contribution in [-0.2, 0) is 19.1 Å². The van der Waals surface area contributed by atoms with Gasteiger partial charge in [-0.05, 0) is 87.8 Å². The molecule has 5 atom stereocenters. The number of likely N-dealkylation sites (tertiary alicyclic amines) is 1. The van der Waals surface area contributed by atoms with Crippen molar-refractivity contribution in [3.05, 3.63) is 70.2 Å². The molecule has 66 heavy (non-hydrogen) atoms. The Balaban J connectivity index is 0.676.